The van der Waals surface area contributed by atoms with Crippen LogP contribution in [0.1, 0.15) is 83.7 Å². The first-order valence-electron chi connectivity index (χ1n) is 10.5. The van der Waals surface area contributed by atoms with E-state index in [0.29, 0.717) is 6.04 Å². The zero-order valence-corrected chi connectivity index (χ0v) is 16.4. The number of unbranched alkanes of at least 4 members (excludes halogenated alkanes) is 4. The highest BCUT2D eigenvalue weighted by molar-refractivity contribution is 5.76. The molecule has 25 heavy (non-hydrogen) atoms. The molecule has 1 aliphatic heterocycles. The summed E-state index contributed by atoms with van der Waals surface area (Å²) in [5.41, 5.74) is 0.974. The minimum Gasteiger partial charge on any atom is -0.300 e. The Bertz CT molecular complexity index is 453. The average molecular weight is 344 g/mol. The zero-order chi connectivity index (χ0) is 17.7. The molecule has 0 saturated carbocycles. The molecule has 3 nitrogen and oxygen atoms in total. The normalized spacial score (nSPS) is 16.9. The lowest BCUT2D eigenvalue weighted by Gasteiger charge is -2.37. The Morgan fingerprint density at radius 1 is 1.08 bits per heavy atom. The van der Waals surface area contributed by atoms with Crippen molar-refractivity contribution in [1.82, 2.24) is 9.88 Å². The molecule has 2 rings (SSSR count). The lowest BCUT2D eigenvalue weighted by atomic mass is 9.96. The van der Waals surface area contributed by atoms with E-state index >= 15 is 0 Å². The topological polar surface area (TPSA) is 28.5 Å². The van der Waals surface area contributed by atoms with E-state index in [9.17, 15) is 0 Å². The summed E-state index contributed by atoms with van der Waals surface area (Å²) < 4.78 is 0. The number of nitrogens with zero attached hydrogens (tertiary/aromatic N) is 3. The molecule has 1 aromatic heterocycles. The number of hydrogen-bond acceptors (Lipinski definition) is 3. The van der Waals surface area contributed by atoms with E-state index in [-0.39, 0.29) is 0 Å². The van der Waals surface area contributed by atoms with Gasteiger partial charge in [-0.15, -0.1) is 0 Å². The Kier molecular flexibility index (Phi) is 9.79. The van der Waals surface area contributed by atoms with E-state index in [1.807, 2.05) is 30.6 Å². The predicted octanol–water partition coefficient (Wildman–Crippen LogP) is 5.49. The summed E-state index contributed by atoms with van der Waals surface area (Å²) in [5.74, 6) is 0. The van der Waals surface area contributed by atoms with Gasteiger partial charge in [-0.25, -0.2) is 0 Å². The molecule has 3 heteroatoms. The molecule has 0 aromatic carbocycles. The first-order valence-corrected chi connectivity index (χ1v) is 10.5. The van der Waals surface area contributed by atoms with Crippen LogP contribution in [0.25, 0.3) is 0 Å². The van der Waals surface area contributed by atoms with Crippen molar-refractivity contribution in [2.75, 3.05) is 13.1 Å². The van der Waals surface area contributed by atoms with Gasteiger partial charge < -0.3 is 4.90 Å². The minimum atomic E-state index is 0.477. The lowest BCUT2D eigenvalue weighted by molar-refractivity contribution is 0.134. The number of aliphatic imine (C=N–C) groups is 1. The maximum Gasteiger partial charge on any atom is 0.0807 e. The van der Waals surface area contributed by atoms with Crippen LogP contribution in [-0.2, 0) is 0 Å². The molecule has 1 aromatic rings. The molecule has 0 unspecified atom stereocenters. The monoisotopic (exact) mass is 343 g/mol. The molecule has 0 radical (unpaired) electrons. The van der Waals surface area contributed by atoms with Crippen LogP contribution in [0, 0.1) is 0 Å². The van der Waals surface area contributed by atoms with Crippen molar-refractivity contribution < 1.29 is 0 Å². The van der Waals surface area contributed by atoms with E-state index < -0.39 is 0 Å². The summed E-state index contributed by atoms with van der Waals surface area (Å²) in [6.07, 6.45) is 17.2. The van der Waals surface area contributed by atoms with Crippen LogP contribution in [0.5, 0.6) is 0 Å². The summed E-state index contributed by atoms with van der Waals surface area (Å²) in [7, 11) is 0. The van der Waals surface area contributed by atoms with Crippen molar-refractivity contribution in [2.24, 2.45) is 4.99 Å². The highest BCUT2D eigenvalue weighted by Crippen LogP contribution is 2.22. The van der Waals surface area contributed by atoms with E-state index in [1.165, 1.54) is 77.3 Å². The van der Waals surface area contributed by atoms with E-state index in [4.69, 9.17) is 4.99 Å². The quantitative estimate of drug-likeness (QED) is 0.392. The molecular weight excluding hydrogens is 306 g/mol. The second-order valence-corrected chi connectivity index (χ2v) is 7.45. The number of piperidine rings is 1. The smallest absolute Gasteiger partial charge is 0.0807 e. The van der Waals surface area contributed by atoms with Crippen molar-refractivity contribution in [2.45, 2.75) is 90.1 Å². The number of rotatable bonds is 11. The second-order valence-electron chi connectivity index (χ2n) is 7.45. The SMILES string of the molecule is CCCCCC(CCCCC)N1CCC(/N=C/c2ccccn2)CC1. The fourth-order valence-electron chi connectivity index (χ4n) is 3.80. The van der Waals surface area contributed by atoms with Crippen molar-refractivity contribution in [3.63, 3.8) is 0 Å². The largest absolute Gasteiger partial charge is 0.300 e. The van der Waals surface area contributed by atoms with Crippen molar-refractivity contribution in [1.29, 1.82) is 0 Å². The number of pyridine rings is 1. The van der Waals surface area contributed by atoms with Gasteiger partial charge in [0.05, 0.1) is 11.7 Å². The summed E-state index contributed by atoms with van der Waals surface area (Å²) in [5, 5.41) is 0. The predicted molar refractivity (Wildman–Crippen MR) is 108 cm³/mol. The van der Waals surface area contributed by atoms with Gasteiger partial charge in [-0.3, -0.25) is 9.98 Å². The van der Waals surface area contributed by atoms with Crippen LogP contribution in [0.15, 0.2) is 29.4 Å². The first-order chi connectivity index (χ1) is 12.3. The maximum atomic E-state index is 4.78. The number of hydrogen-bond donors (Lipinski definition) is 0. The van der Waals surface area contributed by atoms with Crippen LogP contribution >= 0.6 is 0 Å². The van der Waals surface area contributed by atoms with E-state index in [1.54, 1.807) is 0 Å². The Labute approximate surface area is 155 Å². The summed E-state index contributed by atoms with van der Waals surface area (Å²) in [4.78, 5) is 11.9. The van der Waals surface area contributed by atoms with Gasteiger partial charge in [-0.05, 0) is 37.8 Å². The van der Waals surface area contributed by atoms with Gasteiger partial charge in [0.1, 0.15) is 0 Å². The Morgan fingerprint density at radius 2 is 1.76 bits per heavy atom. The van der Waals surface area contributed by atoms with Gasteiger partial charge in [0.25, 0.3) is 0 Å². The summed E-state index contributed by atoms with van der Waals surface area (Å²) in [6, 6.07) is 7.28. The fraction of sp³-hybridized carbons (Fsp3) is 0.727. The van der Waals surface area contributed by atoms with Crippen LogP contribution in [0.2, 0.25) is 0 Å². The average Bonchev–Trinajstić information content (AvgIpc) is 2.67. The third-order valence-electron chi connectivity index (χ3n) is 5.40. The zero-order valence-electron chi connectivity index (χ0n) is 16.4. The molecule has 1 aliphatic rings. The molecule has 0 bridgehead atoms. The highest BCUT2D eigenvalue weighted by Gasteiger charge is 2.24. The van der Waals surface area contributed by atoms with Gasteiger partial charge in [-0.1, -0.05) is 58.4 Å². The van der Waals surface area contributed by atoms with Crippen LogP contribution in [-0.4, -0.2) is 41.3 Å². The van der Waals surface area contributed by atoms with Gasteiger partial charge in [-0.2, -0.15) is 0 Å². The number of likely N-dealkylation sites (tertiary alicyclic amines) is 1. The fourth-order valence-corrected chi connectivity index (χ4v) is 3.80. The molecule has 1 fully saturated rings. The maximum absolute atomic E-state index is 4.78. The highest BCUT2D eigenvalue weighted by atomic mass is 15.2. The van der Waals surface area contributed by atoms with Crippen LogP contribution in [0.3, 0.4) is 0 Å². The van der Waals surface area contributed by atoms with Crippen molar-refractivity contribution >= 4 is 6.21 Å². The Hall–Kier alpha value is -1.22. The number of aromatic nitrogens is 1. The lowest BCUT2D eigenvalue weighted by Crippen LogP contribution is -2.42. The van der Waals surface area contributed by atoms with Crippen LogP contribution < -0.4 is 0 Å². The van der Waals surface area contributed by atoms with Crippen molar-refractivity contribution in [3.8, 4) is 0 Å². The molecule has 1 saturated heterocycles. The molecule has 0 spiro atoms. The minimum absolute atomic E-state index is 0.477. The Morgan fingerprint density at radius 3 is 2.32 bits per heavy atom. The molecule has 0 atom stereocenters. The van der Waals surface area contributed by atoms with Crippen molar-refractivity contribution in [3.05, 3.63) is 30.1 Å². The van der Waals surface area contributed by atoms with Crippen LogP contribution in [0.4, 0.5) is 0 Å². The third-order valence-corrected chi connectivity index (χ3v) is 5.40. The standard InChI is InChI=1S/C22H37N3/c1-3-5-7-12-22(13-8-6-4-2)25-17-14-20(15-18-25)24-19-21-11-9-10-16-23-21/h9-11,16,19-20,22H,3-8,12-15,17-18H2,1-2H3/b24-19+. The Balaban J connectivity index is 1.78. The molecule has 0 N–H and O–H groups in total. The van der Waals surface area contributed by atoms with E-state index in [2.05, 4.69) is 23.7 Å². The van der Waals surface area contributed by atoms with Gasteiger partial charge in [0.15, 0.2) is 0 Å². The summed E-state index contributed by atoms with van der Waals surface area (Å²) >= 11 is 0. The molecule has 2 heterocycles. The third kappa shape index (κ3) is 7.68. The second kappa shape index (κ2) is 12.2. The molecule has 0 aliphatic carbocycles. The molecule has 140 valence electrons. The van der Waals surface area contributed by atoms with Gasteiger partial charge >= 0.3 is 0 Å². The van der Waals surface area contributed by atoms with Gasteiger partial charge in [0.2, 0.25) is 0 Å². The van der Waals surface area contributed by atoms with E-state index in [0.717, 1.165) is 11.7 Å². The molecule has 0 amide bonds. The first kappa shape index (κ1) is 20.1. The summed E-state index contributed by atoms with van der Waals surface area (Å²) in [6.45, 7) is 7.04. The van der Waals surface area contributed by atoms with Gasteiger partial charge in [0, 0.05) is 31.5 Å². The molecular formula is C22H37N3.